The van der Waals surface area contributed by atoms with E-state index in [1.54, 1.807) is 31.4 Å². The molecule has 2 aliphatic heterocycles. The van der Waals surface area contributed by atoms with Crippen LogP contribution in [0, 0.1) is 18.8 Å². The minimum absolute atomic E-state index is 0.0325. The summed E-state index contributed by atoms with van der Waals surface area (Å²) < 4.78 is 11.2. The van der Waals surface area contributed by atoms with Gasteiger partial charge in [0.1, 0.15) is 22.8 Å². The summed E-state index contributed by atoms with van der Waals surface area (Å²) in [5, 5.41) is 23.7. The number of hydrogen-bond donors (Lipinski definition) is 3. The Kier molecular flexibility index (Phi) is 6.81. The van der Waals surface area contributed by atoms with Crippen LogP contribution in [0.5, 0.6) is 17.2 Å². The van der Waals surface area contributed by atoms with Crippen LogP contribution in [0.4, 0.5) is 0 Å². The normalized spacial score (nSPS) is 27.4. The SMILES string of the molecule is COc1ccc(C2NC(Cc3ccc(O)cc3)(C(=O)O)C3C(=O)N(C4CCCCC4)C(=O)C23)c(OC)c1C. The lowest BCUT2D eigenvalue weighted by Gasteiger charge is -2.35. The standard InChI is InChI=1S/C29H34N2O7/c1-16-21(37-2)14-13-20(25(16)38-3)24-22-23(27(34)31(26(22)33)18-7-5-4-6-8-18)29(30-24,28(35)36)15-17-9-11-19(32)12-10-17/h9-14,18,22-24,30,32H,4-8,15H2,1-3H3,(H,35,36). The van der Waals surface area contributed by atoms with Crippen molar-refractivity contribution < 1.29 is 34.1 Å². The van der Waals surface area contributed by atoms with E-state index in [0.29, 0.717) is 22.6 Å². The summed E-state index contributed by atoms with van der Waals surface area (Å²) in [6.07, 6.45) is 4.36. The van der Waals surface area contributed by atoms with Gasteiger partial charge in [0.05, 0.1) is 26.1 Å². The van der Waals surface area contributed by atoms with Gasteiger partial charge in [-0.25, -0.2) is 0 Å². The van der Waals surface area contributed by atoms with E-state index < -0.39 is 35.3 Å². The van der Waals surface area contributed by atoms with E-state index in [9.17, 15) is 24.6 Å². The van der Waals surface area contributed by atoms with Gasteiger partial charge in [0.2, 0.25) is 11.8 Å². The summed E-state index contributed by atoms with van der Waals surface area (Å²) in [7, 11) is 3.08. The predicted molar refractivity (Wildman–Crippen MR) is 138 cm³/mol. The van der Waals surface area contributed by atoms with Crippen molar-refractivity contribution in [2.45, 2.75) is 63.1 Å². The van der Waals surface area contributed by atoms with Crippen molar-refractivity contribution in [2.75, 3.05) is 14.2 Å². The van der Waals surface area contributed by atoms with Crippen LogP contribution in [0.15, 0.2) is 36.4 Å². The van der Waals surface area contributed by atoms with Crippen LogP contribution in [-0.2, 0) is 20.8 Å². The number of phenols is 1. The number of aromatic hydroxyl groups is 1. The van der Waals surface area contributed by atoms with Crippen LogP contribution in [0.3, 0.4) is 0 Å². The van der Waals surface area contributed by atoms with E-state index >= 15 is 0 Å². The second-order valence-electron chi connectivity index (χ2n) is 10.6. The molecule has 2 aromatic rings. The molecule has 5 rings (SSSR count). The molecule has 2 saturated heterocycles. The number of ether oxygens (including phenoxy) is 2. The van der Waals surface area contributed by atoms with Crippen LogP contribution in [0.2, 0.25) is 0 Å². The number of methoxy groups -OCH3 is 2. The minimum Gasteiger partial charge on any atom is -0.508 e. The molecular formula is C29H34N2O7. The van der Waals surface area contributed by atoms with Gasteiger partial charge in [0.25, 0.3) is 0 Å². The Hall–Kier alpha value is -3.59. The molecule has 1 saturated carbocycles. The Morgan fingerprint density at radius 1 is 1.03 bits per heavy atom. The maximum absolute atomic E-state index is 14.1. The van der Waals surface area contributed by atoms with E-state index in [0.717, 1.165) is 37.7 Å². The molecule has 2 aromatic carbocycles. The van der Waals surface area contributed by atoms with E-state index in [-0.39, 0.29) is 24.1 Å². The van der Waals surface area contributed by atoms with Gasteiger partial charge in [-0.2, -0.15) is 0 Å². The lowest BCUT2D eigenvalue weighted by atomic mass is 9.76. The van der Waals surface area contributed by atoms with E-state index in [4.69, 9.17) is 9.47 Å². The molecule has 0 aromatic heterocycles. The molecule has 3 N–H and O–H groups in total. The number of fused-ring (bicyclic) bond motifs is 1. The topological polar surface area (TPSA) is 125 Å². The highest BCUT2D eigenvalue weighted by atomic mass is 16.5. The molecule has 0 bridgehead atoms. The number of aliphatic carboxylic acids is 1. The Bertz CT molecular complexity index is 1250. The third-order valence-electron chi connectivity index (χ3n) is 8.57. The highest BCUT2D eigenvalue weighted by Gasteiger charge is 2.69. The van der Waals surface area contributed by atoms with Crippen molar-refractivity contribution in [3.63, 3.8) is 0 Å². The molecule has 2 amide bonds. The number of carboxylic acid groups (broad SMARTS) is 1. The van der Waals surface area contributed by atoms with E-state index in [2.05, 4.69) is 5.32 Å². The summed E-state index contributed by atoms with van der Waals surface area (Å²) in [6, 6.07) is 8.82. The highest BCUT2D eigenvalue weighted by molar-refractivity contribution is 6.10. The first-order chi connectivity index (χ1) is 18.2. The monoisotopic (exact) mass is 522 g/mol. The van der Waals surface area contributed by atoms with Crippen LogP contribution in [0.25, 0.3) is 0 Å². The third kappa shape index (κ3) is 4.00. The van der Waals surface area contributed by atoms with Crippen molar-refractivity contribution in [3.8, 4) is 17.2 Å². The Morgan fingerprint density at radius 2 is 1.71 bits per heavy atom. The van der Waals surface area contributed by atoms with Gasteiger partial charge in [-0.15, -0.1) is 0 Å². The molecule has 2 heterocycles. The number of phenolic OH excluding ortho intramolecular Hbond substituents is 1. The summed E-state index contributed by atoms with van der Waals surface area (Å²) in [4.78, 5) is 42.6. The Labute approximate surface area is 221 Å². The molecule has 1 aliphatic carbocycles. The molecule has 4 atom stereocenters. The van der Waals surface area contributed by atoms with Crippen molar-refractivity contribution in [1.29, 1.82) is 0 Å². The fourth-order valence-electron chi connectivity index (χ4n) is 6.79. The lowest BCUT2D eigenvalue weighted by Crippen LogP contribution is -2.58. The van der Waals surface area contributed by atoms with Crippen molar-refractivity contribution in [1.82, 2.24) is 10.2 Å². The average molecular weight is 523 g/mol. The summed E-state index contributed by atoms with van der Waals surface area (Å²) in [6.45, 7) is 1.84. The number of carboxylic acids is 1. The zero-order chi connectivity index (χ0) is 27.2. The average Bonchev–Trinajstić information content (AvgIpc) is 3.39. The first-order valence-electron chi connectivity index (χ1n) is 13.1. The molecule has 0 spiro atoms. The van der Waals surface area contributed by atoms with Gasteiger partial charge in [0, 0.05) is 29.6 Å². The number of nitrogens with one attached hydrogen (secondary N) is 1. The smallest absolute Gasteiger partial charge is 0.325 e. The molecule has 9 heteroatoms. The number of carbonyl (C=O) groups is 3. The lowest BCUT2D eigenvalue weighted by molar-refractivity contribution is -0.152. The van der Waals surface area contributed by atoms with Gasteiger partial charge in [-0.05, 0) is 43.5 Å². The second kappa shape index (κ2) is 9.94. The fourth-order valence-corrected chi connectivity index (χ4v) is 6.79. The zero-order valence-electron chi connectivity index (χ0n) is 21.9. The molecule has 3 aliphatic rings. The van der Waals surface area contributed by atoms with Crippen LogP contribution < -0.4 is 14.8 Å². The molecule has 4 unspecified atom stereocenters. The Balaban J connectivity index is 1.66. The molecular weight excluding hydrogens is 488 g/mol. The maximum Gasteiger partial charge on any atom is 0.325 e. The highest BCUT2D eigenvalue weighted by Crippen LogP contribution is 2.53. The summed E-state index contributed by atoms with van der Waals surface area (Å²) in [5.74, 6) is -2.80. The summed E-state index contributed by atoms with van der Waals surface area (Å²) >= 11 is 0. The minimum atomic E-state index is -1.73. The number of likely N-dealkylation sites (tertiary alicyclic amines) is 1. The quantitative estimate of drug-likeness (QED) is 0.473. The number of hydrogen-bond acceptors (Lipinski definition) is 7. The van der Waals surface area contributed by atoms with Crippen LogP contribution in [0.1, 0.15) is 54.8 Å². The number of carbonyl (C=O) groups excluding carboxylic acids is 2. The van der Waals surface area contributed by atoms with Crippen molar-refractivity contribution in [2.24, 2.45) is 11.8 Å². The molecule has 0 radical (unpaired) electrons. The summed E-state index contributed by atoms with van der Waals surface area (Å²) in [5.41, 5.74) is 0.229. The number of imide groups is 1. The number of rotatable bonds is 7. The first kappa shape index (κ1) is 26.0. The predicted octanol–water partition coefficient (Wildman–Crippen LogP) is 3.36. The molecule has 38 heavy (non-hydrogen) atoms. The van der Waals surface area contributed by atoms with Gasteiger partial charge in [-0.1, -0.05) is 37.5 Å². The third-order valence-corrected chi connectivity index (χ3v) is 8.57. The van der Waals surface area contributed by atoms with Crippen LogP contribution >= 0.6 is 0 Å². The van der Waals surface area contributed by atoms with E-state index in [1.807, 2.05) is 6.92 Å². The van der Waals surface area contributed by atoms with Gasteiger partial charge >= 0.3 is 5.97 Å². The largest absolute Gasteiger partial charge is 0.508 e. The second-order valence-corrected chi connectivity index (χ2v) is 10.6. The van der Waals surface area contributed by atoms with E-state index in [1.165, 1.54) is 24.1 Å². The zero-order valence-corrected chi connectivity index (χ0v) is 21.9. The van der Waals surface area contributed by atoms with Gasteiger partial charge < -0.3 is 19.7 Å². The number of benzene rings is 2. The Morgan fingerprint density at radius 3 is 2.32 bits per heavy atom. The number of amides is 2. The van der Waals surface area contributed by atoms with Crippen molar-refractivity contribution in [3.05, 3.63) is 53.1 Å². The van der Waals surface area contributed by atoms with Crippen molar-refractivity contribution >= 4 is 17.8 Å². The van der Waals surface area contributed by atoms with Crippen LogP contribution in [-0.4, -0.2) is 58.7 Å². The molecule has 202 valence electrons. The van der Waals surface area contributed by atoms with Gasteiger partial charge in [-0.3, -0.25) is 24.6 Å². The van der Waals surface area contributed by atoms with Gasteiger partial charge in [0.15, 0.2) is 0 Å². The maximum atomic E-state index is 14.1. The number of nitrogens with zero attached hydrogens (tertiary/aromatic N) is 1. The molecule has 3 fully saturated rings. The fraction of sp³-hybridized carbons (Fsp3) is 0.483. The first-order valence-corrected chi connectivity index (χ1v) is 13.1. The molecule has 9 nitrogen and oxygen atoms in total.